The Morgan fingerprint density at radius 2 is 1.30 bits per heavy atom. The Kier molecular flexibility index (Phi) is 8.04. The van der Waals surface area contributed by atoms with Gasteiger partial charge in [0.1, 0.15) is 0 Å². The Morgan fingerprint density at radius 1 is 0.900 bits per heavy atom. The summed E-state index contributed by atoms with van der Waals surface area (Å²) < 4.78 is 0. The monoisotopic (exact) mass is 140 g/mol. The second-order valence-electron chi connectivity index (χ2n) is 1.91. The van der Waals surface area contributed by atoms with Gasteiger partial charge in [-0.15, -0.1) is 0 Å². The van der Waals surface area contributed by atoms with E-state index in [9.17, 15) is 0 Å². The normalized spacial score (nSPS) is 8.60. The van der Waals surface area contributed by atoms with Crippen molar-refractivity contribution in [3.05, 3.63) is 0 Å². The predicted octanol–water partition coefficient (Wildman–Crippen LogP) is 0.209. The predicted molar refractivity (Wildman–Crippen MR) is 44.9 cm³/mol. The highest BCUT2D eigenvalue weighted by Gasteiger charge is 1.73. The molecule has 0 heterocycles. The van der Waals surface area contributed by atoms with E-state index in [1.54, 1.807) is 0 Å². The van der Waals surface area contributed by atoms with Gasteiger partial charge >= 0.3 is 0 Å². The van der Waals surface area contributed by atoms with E-state index in [-0.39, 0.29) is 0 Å². The van der Waals surface area contributed by atoms with Gasteiger partial charge in [-0.05, 0) is 13.1 Å². The van der Waals surface area contributed by atoms with E-state index in [2.05, 4.69) is 36.3 Å². The maximum atomic E-state index is 3.12. The molecule has 0 saturated heterocycles. The first-order valence-corrected chi connectivity index (χ1v) is 3.79. The molecule has 0 aromatic heterocycles. The van der Waals surface area contributed by atoms with Crippen molar-refractivity contribution in [2.75, 3.05) is 26.2 Å². The zero-order chi connectivity index (χ0) is 7.66. The minimum atomic E-state index is 0.807. The maximum Gasteiger partial charge on any atom is 0.0576 e. The fraction of sp³-hybridized carbons (Fsp3) is 0.750. The molecule has 2 nitrogen and oxygen atoms in total. The van der Waals surface area contributed by atoms with E-state index in [1.807, 2.05) is 0 Å². The van der Waals surface area contributed by atoms with Gasteiger partial charge in [0.25, 0.3) is 0 Å². The summed E-state index contributed by atoms with van der Waals surface area (Å²) in [7, 11) is 0. The van der Waals surface area contributed by atoms with Crippen molar-refractivity contribution in [1.29, 1.82) is 0 Å². The van der Waals surface area contributed by atoms with Gasteiger partial charge in [-0.25, -0.2) is 0 Å². The molecule has 0 aliphatic carbocycles. The van der Waals surface area contributed by atoms with E-state index >= 15 is 0 Å². The first-order valence-electron chi connectivity index (χ1n) is 3.79. The van der Waals surface area contributed by atoms with Crippen LogP contribution in [0.5, 0.6) is 0 Å². The standard InChI is InChI=1S/C8H16N2/c1-3-9-7-5-6-8-10-4-2/h9-10H,3-4,7-8H2,1-2H3. The second-order valence-corrected chi connectivity index (χ2v) is 1.91. The zero-order valence-electron chi connectivity index (χ0n) is 6.83. The van der Waals surface area contributed by atoms with Crippen molar-refractivity contribution in [2.45, 2.75) is 13.8 Å². The highest BCUT2D eigenvalue weighted by molar-refractivity contribution is 5.02. The van der Waals surface area contributed by atoms with Crippen LogP contribution in [0.25, 0.3) is 0 Å². The number of nitrogens with one attached hydrogen (secondary N) is 2. The fourth-order valence-corrected chi connectivity index (χ4v) is 0.500. The lowest BCUT2D eigenvalue weighted by Gasteiger charge is -1.90. The second kappa shape index (κ2) is 8.48. The van der Waals surface area contributed by atoms with Crippen molar-refractivity contribution in [3.63, 3.8) is 0 Å². The third-order valence-corrected chi connectivity index (χ3v) is 1.05. The lowest BCUT2D eigenvalue weighted by molar-refractivity contribution is 0.800. The number of hydrogen-bond donors (Lipinski definition) is 2. The van der Waals surface area contributed by atoms with E-state index in [4.69, 9.17) is 0 Å². The molecule has 0 aliphatic rings. The molecule has 2 heteroatoms. The first kappa shape index (κ1) is 9.48. The Labute approximate surface area is 63.4 Å². The molecule has 0 aromatic carbocycles. The van der Waals surface area contributed by atoms with Crippen LogP contribution < -0.4 is 10.6 Å². The highest BCUT2D eigenvalue weighted by atomic mass is 14.8. The average molecular weight is 140 g/mol. The largest absolute Gasteiger partial charge is 0.307 e. The van der Waals surface area contributed by atoms with Crippen molar-refractivity contribution in [2.24, 2.45) is 0 Å². The molecule has 0 bridgehead atoms. The van der Waals surface area contributed by atoms with Crippen LogP contribution in [-0.4, -0.2) is 26.2 Å². The minimum absolute atomic E-state index is 0.807. The Hall–Kier alpha value is -0.520. The van der Waals surface area contributed by atoms with Gasteiger partial charge in [0, 0.05) is 0 Å². The molecule has 10 heavy (non-hydrogen) atoms. The highest BCUT2D eigenvalue weighted by Crippen LogP contribution is 1.57. The van der Waals surface area contributed by atoms with Crippen molar-refractivity contribution >= 4 is 0 Å². The Balaban J connectivity index is 2.98. The Morgan fingerprint density at radius 3 is 1.60 bits per heavy atom. The summed E-state index contributed by atoms with van der Waals surface area (Å²) in [6.45, 7) is 7.76. The molecule has 0 amide bonds. The molecular weight excluding hydrogens is 124 g/mol. The summed E-state index contributed by atoms with van der Waals surface area (Å²) in [6, 6.07) is 0. The van der Waals surface area contributed by atoms with Gasteiger partial charge in [-0.3, -0.25) is 0 Å². The quantitative estimate of drug-likeness (QED) is 0.431. The molecule has 58 valence electrons. The van der Waals surface area contributed by atoms with Crippen LogP contribution in [0.4, 0.5) is 0 Å². The summed E-state index contributed by atoms with van der Waals surface area (Å²) in [5.74, 6) is 6.00. The van der Waals surface area contributed by atoms with E-state index in [1.165, 1.54) is 0 Å². The zero-order valence-corrected chi connectivity index (χ0v) is 6.83. The van der Waals surface area contributed by atoms with E-state index in [0.29, 0.717) is 0 Å². The van der Waals surface area contributed by atoms with Crippen LogP contribution in [0.3, 0.4) is 0 Å². The summed E-state index contributed by atoms with van der Waals surface area (Å²) in [6.07, 6.45) is 0. The van der Waals surface area contributed by atoms with Gasteiger partial charge in [0.05, 0.1) is 13.1 Å². The summed E-state index contributed by atoms with van der Waals surface area (Å²) in [5, 5.41) is 6.25. The van der Waals surface area contributed by atoms with Crippen LogP contribution in [0.15, 0.2) is 0 Å². The van der Waals surface area contributed by atoms with Crippen molar-refractivity contribution in [1.82, 2.24) is 10.6 Å². The molecule has 0 spiro atoms. The molecule has 0 aliphatic heterocycles. The number of hydrogen-bond acceptors (Lipinski definition) is 2. The van der Waals surface area contributed by atoms with Gasteiger partial charge < -0.3 is 10.6 Å². The van der Waals surface area contributed by atoms with Crippen molar-refractivity contribution < 1.29 is 0 Å². The summed E-state index contributed by atoms with van der Waals surface area (Å²) in [4.78, 5) is 0. The topological polar surface area (TPSA) is 24.1 Å². The molecule has 0 rings (SSSR count). The number of rotatable bonds is 4. The first-order chi connectivity index (χ1) is 4.91. The van der Waals surface area contributed by atoms with E-state index < -0.39 is 0 Å². The maximum absolute atomic E-state index is 3.12. The molecule has 0 unspecified atom stereocenters. The smallest absolute Gasteiger partial charge is 0.0576 e. The van der Waals surface area contributed by atoms with Gasteiger partial charge in [0.2, 0.25) is 0 Å². The third kappa shape index (κ3) is 7.48. The molecule has 0 radical (unpaired) electrons. The molecule has 2 N–H and O–H groups in total. The molecule has 0 saturated carbocycles. The average Bonchev–Trinajstić information content (AvgIpc) is 1.97. The van der Waals surface area contributed by atoms with Crippen LogP contribution >= 0.6 is 0 Å². The molecule has 0 aromatic rings. The van der Waals surface area contributed by atoms with Crippen LogP contribution in [-0.2, 0) is 0 Å². The van der Waals surface area contributed by atoms with Crippen LogP contribution in [0.1, 0.15) is 13.8 Å². The van der Waals surface area contributed by atoms with Crippen LogP contribution in [0, 0.1) is 11.8 Å². The Bertz CT molecular complexity index is 98.2. The van der Waals surface area contributed by atoms with Crippen molar-refractivity contribution in [3.8, 4) is 11.8 Å². The summed E-state index contributed by atoms with van der Waals surface area (Å²) in [5.41, 5.74) is 0. The lowest BCUT2D eigenvalue weighted by Crippen LogP contribution is -2.14. The molecule has 0 fully saturated rings. The molecule has 0 atom stereocenters. The van der Waals surface area contributed by atoms with Gasteiger partial charge in [-0.1, -0.05) is 25.7 Å². The minimum Gasteiger partial charge on any atom is -0.307 e. The van der Waals surface area contributed by atoms with E-state index in [0.717, 1.165) is 26.2 Å². The third-order valence-electron chi connectivity index (χ3n) is 1.05. The van der Waals surface area contributed by atoms with Crippen LogP contribution in [0.2, 0.25) is 0 Å². The summed E-state index contributed by atoms with van der Waals surface area (Å²) >= 11 is 0. The van der Waals surface area contributed by atoms with Gasteiger partial charge in [0.15, 0.2) is 0 Å². The SMILES string of the molecule is CCNCC#CCNCC. The molecular formula is C8H16N2. The lowest BCUT2D eigenvalue weighted by atomic mass is 10.5. The fourth-order valence-electron chi connectivity index (χ4n) is 0.500. The van der Waals surface area contributed by atoms with Gasteiger partial charge in [-0.2, -0.15) is 0 Å².